The number of fused-ring (bicyclic) bond motifs is 1. The van der Waals surface area contributed by atoms with Crippen LogP contribution in [-0.4, -0.2) is 27.7 Å². The molecular weight excluding hydrogens is 508 g/mol. The molecule has 1 heterocycles. The van der Waals surface area contributed by atoms with Crippen LogP contribution in [0.4, 0.5) is 10.8 Å². The lowest BCUT2D eigenvalue weighted by Gasteiger charge is -2.09. The van der Waals surface area contributed by atoms with Crippen LogP contribution < -0.4 is 15.2 Å². The van der Waals surface area contributed by atoms with Crippen molar-refractivity contribution in [3.05, 3.63) is 77.3 Å². The van der Waals surface area contributed by atoms with Crippen molar-refractivity contribution in [3.63, 3.8) is 0 Å². The van der Waals surface area contributed by atoms with E-state index in [1.807, 2.05) is 0 Å². The van der Waals surface area contributed by atoms with Crippen molar-refractivity contribution in [1.82, 2.24) is 4.98 Å². The first-order chi connectivity index (χ1) is 15.5. The maximum absolute atomic E-state index is 12.6. The van der Waals surface area contributed by atoms with E-state index >= 15 is 0 Å². The second kappa shape index (κ2) is 8.72. The van der Waals surface area contributed by atoms with Gasteiger partial charge in [-0.05, 0) is 66.7 Å². The summed E-state index contributed by atoms with van der Waals surface area (Å²) >= 11 is 6.88. The van der Waals surface area contributed by atoms with Gasteiger partial charge in [0.25, 0.3) is 15.9 Å². The Hall–Kier alpha value is -3.03. The number of rotatable bonds is 6. The van der Waals surface area contributed by atoms with Gasteiger partial charge in [0.1, 0.15) is 0 Å². The zero-order valence-corrected chi connectivity index (χ0v) is 19.7. The van der Waals surface area contributed by atoms with E-state index < -0.39 is 26.0 Å². The minimum Gasteiger partial charge on any atom is -0.298 e. The molecule has 0 saturated carbocycles. The molecule has 3 aromatic carbocycles. The number of carbonyl (C=O) groups excluding carboxylic acids is 1. The van der Waals surface area contributed by atoms with Crippen molar-refractivity contribution in [2.24, 2.45) is 5.14 Å². The maximum atomic E-state index is 12.6. The van der Waals surface area contributed by atoms with E-state index in [-0.39, 0.29) is 26.2 Å². The fourth-order valence-electron chi connectivity index (χ4n) is 2.82. The number of hydrogen-bond donors (Lipinski definition) is 3. The number of hydrogen-bond acceptors (Lipinski definition) is 7. The molecule has 4 rings (SSSR count). The van der Waals surface area contributed by atoms with Crippen LogP contribution in [0.25, 0.3) is 10.2 Å². The molecule has 9 nitrogen and oxygen atoms in total. The number of anilines is 2. The van der Waals surface area contributed by atoms with Gasteiger partial charge in [-0.1, -0.05) is 22.9 Å². The van der Waals surface area contributed by atoms with Gasteiger partial charge in [-0.3, -0.25) is 14.8 Å². The molecule has 4 N–H and O–H groups in total. The van der Waals surface area contributed by atoms with Crippen molar-refractivity contribution in [1.29, 1.82) is 0 Å². The van der Waals surface area contributed by atoms with Gasteiger partial charge < -0.3 is 0 Å². The summed E-state index contributed by atoms with van der Waals surface area (Å²) in [5.41, 5.74) is 1.06. The largest absolute Gasteiger partial charge is 0.298 e. The number of sulfonamides is 2. The molecular formula is C20H15ClN4O5S3. The zero-order chi connectivity index (χ0) is 23.8. The average Bonchev–Trinajstić information content (AvgIpc) is 3.15. The smallest absolute Gasteiger partial charge is 0.261 e. The summed E-state index contributed by atoms with van der Waals surface area (Å²) in [4.78, 5) is 16.8. The van der Waals surface area contributed by atoms with Gasteiger partial charge in [0.15, 0.2) is 5.13 Å². The van der Waals surface area contributed by atoms with Crippen LogP contribution in [0.15, 0.2) is 76.5 Å². The Balaban J connectivity index is 1.48. The monoisotopic (exact) mass is 522 g/mol. The molecule has 0 spiro atoms. The average molecular weight is 523 g/mol. The molecule has 170 valence electrons. The molecule has 0 aliphatic rings. The van der Waals surface area contributed by atoms with Crippen molar-refractivity contribution in [3.8, 4) is 0 Å². The van der Waals surface area contributed by atoms with Crippen LogP contribution in [-0.2, 0) is 20.0 Å². The summed E-state index contributed by atoms with van der Waals surface area (Å²) < 4.78 is 50.9. The van der Waals surface area contributed by atoms with Gasteiger partial charge in [-0.25, -0.2) is 27.0 Å². The second-order valence-electron chi connectivity index (χ2n) is 6.78. The number of benzene rings is 3. The molecule has 0 radical (unpaired) electrons. The second-order valence-corrected chi connectivity index (χ2v) is 11.5. The molecule has 1 aromatic heterocycles. The quantitative estimate of drug-likeness (QED) is 0.352. The molecule has 0 aliphatic carbocycles. The van der Waals surface area contributed by atoms with Gasteiger partial charge in [0.05, 0.1) is 20.0 Å². The van der Waals surface area contributed by atoms with Gasteiger partial charge in [0, 0.05) is 16.3 Å². The minimum absolute atomic E-state index is 0.0480. The first-order valence-corrected chi connectivity index (χ1v) is 13.4. The summed E-state index contributed by atoms with van der Waals surface area (Å²) in [7, 11) is -7.66. The first-order valence-electron chi connectivity index (χ1n) is 9.14. The summed E-state index contributed by atoms with van der Waals surface area (Å²) in [5, 5.41) is 8.47. The molecule has 33 heavy (non-hydrogen) atoms. The third-order valence-corrected chi connectivity index (χ3v) is 7.93. The number of carbonyl (C=O) groups is 1. The summed E-state index contributed by atoms with van der Waals surface area (Å²) in [5.74, 6) is -0.465. The SMILES string of the molecule is NS(=O)(=O)c1ccc2nc(NC(=O)c3ccc(NS(=O)(=O)c4ccc(Cl)cc4)cc3)sc2c1. The van der Waals surface area contributed by atoms with Crippen molar-refractivity contribution in [2.45, 2.75) is 9.79 Å². The number of primary sulfonamides is 1. The van der Waals surface area contributed by atoms with Gasteiger partial charge in [-0.15, -0.1) is 0 Å². The predicted molar refractivity (Wildman–Crippen MR) is 128 cm³/mol. The molecule has 0 unspecified atom stereocenters. The number of thiazole rings is 1. The molecule has 13 heteroatoms. The highest BCUT2D eigenvalue weighted by Crippen LogP contribution is 2.28. The minimum atomic E-state index is -3.85. The lowest BCUT2D eigenvalue weighted by Crippen LogP contribution is -2.14. The Bertz CT molecular complexity index is 1570. The fourth-order valence-corrected chi connectivity index (χ4v) is 5.52. The Kier molecular flexibility index (Phi) is 6.12. The van der Waals surface area contributed by atoms with Crippen LogP contribution in [0.5, 0.6) is 0 Å². The third-order valence-electron chi connectivity index (χ3n) is 4.43. The highest BCUT2D eigenvalue weighted by atomic mass is 35.5. The predicted octanol–water partition coefficient (Wildman–Crippen LogP) is 3.65. The number of amides is 1. The van der Waals surface area contributed by atoms with Gasteiger partial charge in [0.2, 0.25) is 10.0 Å². The zero-order valence-electron chi connectivity index (χ0n) is 16.5. The van der Waals surface area contributed by atoms with Crippen LogP contribution in [0.3, 0.4) is 0 Å². The third kappa shape index (κ3) is 5.31. The van der Waals surface area contributed by atoms with Crippen LogP contribution in [0.2, 0.25) is 5.02 Å². The van der Waals surface area contributed by atoms with Crippen LogP contribution in [0, 0.1) is 0 Å². The molecule has 0 fully saturated rings. The lowest BCUT2D eigenvalue weighted by atomic mass is 10.2. The van der Waals surface area contributed by atoms with Crippen LogP contribution >= 0.6 is 22.9 Å². The maximum Gasteiger partial charge on any atom is 0.261 e. The summed E-state index contributed by atoms with van der Waals surface area (Å²) in [6, 6.07) is 15.8. The Labute approximate surface area is 198 Å². The highest BCUT2D eigenvalue weighted by Gasteiger charge is 2.16. The van der Waals surface area contributed by atoms with Crippen LogP contribution in [0.1, 0.15) is 10.4 Å². The molecule has 0 aliphatic heterocycles. The standard InChI is InChI=1S/C20H15ClN4O5S3/c21-13-3-7-15(8-4-13)33(29,30)25-14-5-1-12(2-6-14)19(26)24-20-23-17-10-9-16(32(22,27)28)11-18(17)31-20/h1-11,25H,(H2,22,27,28)(H,23,24,26). The molecule has 0 atom stereocenters. The van der Waals surface area contributed by atoms with E-state index in [1.165, 1.54) is 66.7 Å². The summed E-state index contributed by atoms with van der Waals surface area (Å²) in [6.07, 6.45) is 0. The highest BCUT2D eigenvalue weighted by molar-refractivity contribution is 7.92. The van der Waals surface area contributed by atoms with E-state index in [2.05, 4.69) is 15.0 Å². The molecule has 0 saturated heterocycles. The first kappa shape index (κ1) is 23.1. The van der Waals surface area contributed by atoms with Gasteiger partial charge >= 0.3 is 0 Å². The van der Waals surface area contributed by atoms with E-state index in [4.69, 9.17) is 16.7 Å². The Morgan fingerprint density at radius 3 is 2.18 bits per heavy atom. The van der Waals surface area contributed by atoms with Crippen molar-refractivity contribution < 1.29 is 21.6 Å². The number of aromatic nitrogens is 1. The van der Waals surface area contributed by atoms with E-state index in [1.54, 1.807) is 0 Å². The van der Waals surface area contributed by atoms with E-state index in [0.717, 1.165) is 11.3 Å². The lowest BCUT2D eigenvalue weighted by molar-refractivity contribution is 0.102. The molecule has 0 bridgehead atoms. The number of nitrogens with one attached hydrogen (secondary N) is 2. The van der Waals surface area contributed by atoms with Gasteiger partial charge in [-0.2, -0.15) is 0 Å². The van der Waals surface area contributed by atoms with Crippen molar-refractivity contribution in [2.75, 3.05) is 10.0 Å². The topological polar surface area (TPSA) is 148 Å². The van der Waals surface area contributed by atoms with E-state index in [0.29, 0.717) is 15.2 Å². The molecule has 4 aromatic rings. The normalized spacial score (nSPS) is 11.9. The van der Waals surface area contributed by atoms with E-state index in [9.17, 15) is 21.6 Å². The molecule has 1 amide bonds. The van der Waals surface area contributed by atoms with Crippen molar-refractivity contribution >= 4 is 69.9 Å². The number of halogens is 1. The Morgan fingerprint density at radius 1 is 0.909 bits per heavy atom. The fraction of sp³-hybridized carbons (Fsp3) is 0. The number of nitrogens with zero attached hydrogens (tertiary/aromatic N) is 1. The Morgan fingerprint density at radius 2 is 1.55 bits per heavy atom. The number of nitrogens with two attached hydrogens (primary N) is 1. The summed E-state index contributed by atoms with van der Waals surface area (Å²) in [6.45, 7) is 0.